The minimum absolute atomic E-state index is 0.968. The van der Waals surface area contributed by atoms with E-state index < -0.39 is 0 Å². The van der Waals surface area contributed by atoms with Crippen LogP contribution in [0.5, 0.6) is 0 Å². The van der Waals surface area contributed by atoms with Gasteiger partial charge < -0.3 is 0 Å². The molecule has 1 nitrogen and oxygen atoms in total. The molecule has 0 heterocycles. The molecule has 0 N–H and O–H groups in total. The maximum atomic E-state index is 4.17. The summed E-state index contributed by atoms with van der Waals surface area (Å²) in [6.45, 7) is 10.2. The van der Waals surface area contributed by atoms with Gasteiger partial charge in [-0.25, -0.2) is 0 Å². The zero-order valence-electron chi connectivity index (χ0n) is 11.0. The van der Waals surface area contributed by atoms with Crippen LogP contribution >= 0.6 is 15.9 Å². The molecule has 0 saturated carbocycles. The van der Waals surface area contributed by atoms with E-state index in [0.29, 0.717) is 0 Å². The summed E-state index contributed by atoms with van der Waals surface area (Å²) >= 11 is 3.33. The summed E-state index contributed by atoms with van der Waals surface area (Å²) < 4.78 is 1.02. The Balaban J connectivity index is 4.14. The van der Waals surface area contributed by atoms with Gasteiger partial charge in [0.2, 0.25) is 0 Å². The third-order valence-corrected chi connectivity index (χ3v) is 2.46. The van der Waals surface area contributed by atoms with Crippen molar-refractivity contribution in [2.45, 2.75) is 40.0 Å². The summed E-state index contributed by atoms with van der Waals surface area (Å²) in [5, 5.41) is 0. The molecule has 0 saturated heterocycles. The fourth-order valence-corrected chi connectivity index (χ4v) is 1.36. The van der Waals surface area contributed by atoms with Gasteiger partial charge in [0.15, 0.2) is 0 Å². The minimum Gasteiger partial charge on any atom is -0.264 e. The average molecular weight is 296 g/mol. The molecule has 0 aliphatic carbocycles. The van der Waals surface area contributed by atoms with Crippen LogP contribution in [0, 0.1) is 0 Å². The highest BCUT2D eigenvalue weighted by atomic mass is 79.9. The van der Waals surface area contributed by atoms with Crippen LogP contribution in [0.15, 0.2) is 51.6 Å². The molecule has 0 bridgehead atoms. The molecular formula is C15H22BrN. The van der Waals surface area contributed by atoms with E-state index in [1.807, 2.05) is 20.1 Å². The van der Waals surface area contributed by atoms with Crippen molar-refractivity contribution < 1.29 is 0 Å². The lowest BCUT2D eigenvalue weighted by molar-refractivity contribution is 0.898. The number of aliphatic imine (C=N–C) groups is 1. The SMILES string of the molecule is C=C(/C=N\C=C(/C)Br)CC/C(=C/C=C\C)CC. The maximum Gasteiger partial charge on any atom is 0.0366 e. The quantitative estimate of drug-likeness (QED) is 0.430. The number of allylic oxidation sites excluding steroid dienone is 6. The predicted molar refractivity (Wildman–Crippen MR) is 82.7 cm³/mol. The lowest BCUT2D eigenvalue weighted by atomic mass is 10.0. The fourth-order valence-electron chi connectivity index (χ4n) is 1.24. The second kappa shape index (κ2) is 10.3. The summed E-state index contributed by atoms with van der Waals surface area (Å²) in [4.78, 5) is 4.17. The van der Waals surface area contributed by atoms with Crippen LogP contribution in [-0.4, -0.2) is 6.21 Å². The van der Waals surface area contributed by atoms with Gasteiger partial charge >= 0.3 is 0 Å². The van der Waals surface area contributed by atoms with E-state index in [1.165, 1.54) is 5.57 Å². The monoisotopic (exact) mass is 295 g/mol. The molecule has 0 radical (unpaired) electrons. The van der Waals surface area contributed by atoms with E-state index in [0.717, 1.165) is 29.3 Å². The first kappa shape index (κ1) is 16.1. The number of hydrogen-bond donors (Lipinski definition) is 0. The second-order valence-electron chi connectivity index (χ2n) is 3.86. The Morgan fingerprint density at radius 3 is 2.59 bits per heavy atom. The number of halogens is 1. The Morgan fingerprint density at radius 1 is 1.35 bits per heavy atom. The predicted octanol–water partition coefficient (Wildman–Crippen LogP) is 5.56. The van der Waals surface area contributed by atoms with Gasteiger partial charge in [-0.2, -0.15) is 0 Å². The molecule has 0 atom stereocenters. The molecule has 0 aliphatic rings. The largest absolute Gasteiger partial charge is 0.264 e. The second-order valence-corrected chi connectivity index (χ2v) is 5.11. The highest BCUT2D eigenvalue weighted by Gasteiger charge is 1.95. The molecule has 0 amide bonds. The van der Waals surface area contributed by atoms with Crippen LogP contribution in [0.3, 0.4) is 0 Å². The van der Waals surface area contributed by atoms with Crippen molar-refractivity contribution in [2.75, 3.05) is 0 Å². The molecule has 17 heavy (non-hydrogen) atoms. The van der Waals surface area contributed by atoms with Gasteiger partial charge in [-0.3, -0.25) is 4.99 Å². The smallest absolute Gasteiger partial charge is 0.0366 e. The van der Waals surface area contributed by atoms with Crippen LogP contribution < -0.4 is 0 Å². The van der Waals surface area contributed by atoms with Gasteiger partial charge in [-0.05, 0) is 38.7 Å². The lowest BCUT2D eigenvalue weighted by Crippen LogP contribution is -1.87. The van der Waals surface area contributed by atoms with Crippen LogP contribution in [0.1, 0.15) is 40.0 Å². The minimum atomic E-state index is 0.968. The van der Waals surface area contributed by atoms with Gasteiger partial charge in [0.05, 0.1) is 0 Å². The average Bonchev–Trinajstić information content (AvgIpc) is 2.29. The van der Waals surface area contributed by atoms with E-state index in [-0.39, 0.29) is 0 Å². The van der Waals surface area contributed by atoms with Crippen molar-refractivity contribution in [2.24, 2.45) is 4.99 Å². The van der Waals surface area contributed by atoms with Crippen LogP contribution in [0.2, 0.25) is 0 Å². The topological polar surface area (TPSA) is 12.4 Å². The first-order valence-electron chi connectivity index (χ1n) is 5.94. The molecule has 94 valence electrons. The highest BCUT2D eigenvalue weighted by molar-refractivity contribution is 9.11. The van der Waals surface area contributed by atoms with Crippen molar-refractivity contribution in [3.63, 3.8) is 0 Å². The zero-order valence-corrected chi connectivity index (χ0v) is 12.6. The van der Waals surface area contributed by atoms with E-state index in [9.17, 15) is 0 Å². The summed E-state index contributed by atoms with van der Waals surface area (Å²) in [6, 6.07) is 0. The Bertz CT molecular complexity index is 342. The number of nitrogens with zero attached hydrogens (tertiary/aromatic N) is 1. The Labute approximate surface area is 114 Å². The maximum absolute atomic E-state index is 4.17. The van der Waals surface area contributed by atoms with Gasteiger partial charge in [0, 0.05) is 16.9 Å². The third-order valence-electron chi connectivity index (χ3n) is 2.26. The Morgan fingerprint density at radius 2 is 2.06 bits per heavy atom. The molecule has 0 unspecified atom stereocenters. The summed E-state index contributed by atoms with van der Waals surface area (Å²) in [6.07, 6.45) is 13.1. The molecular weight excluding hydrogens is 274 g/mol. The Hall–Kier alpha value is -0.890. The van der Waals surface area contributed by atoms with Crippen molar-refractivity contribution in [1.29, 1.82) is 0 Å². The van der Waals surface area contributed by atoms with Gasteiger partial charge in [0.25, 0.3) is 0 Å². The summed E-state index contributed by atoms with van der Waals surface area (Å²) in [5.41, 5.74) is 2.51. The molecule has 0 spiro atoms. The molecule has 0 aliphatic heterocycles. The third kappa shape index (κ3) is 10.0. The first-order chi connectivity index (χ1) is 8.10. The van der Waals surface area contributed by atoms with Crippen molar-refractivity contribution in [3.8, 4) is 0 Å². The molecule has 2 heteroatoms. The van der Waals surface area contributed by atoms with Crippen molar-refractivity contribution in [3.05, 3.63) is 46.6 Å². The van der Waals surface area contributed by atoms with Crippen molar-refractivity contribution in [1.82, 2.24) is 0 Å². The van der Waals surface area contributed by atoms with E-state index in [2.05, 4.69) is 52.7 Å². The van der Waals surface area contributed by atoms with E-state index in [4.69, 9.17) is 0 Å². The fraction of sp³-hybridized carbons (Fsp3) is 0.400. The lowest BCUT2D eigenvalue weighted by Gasteiger charge is -2.03. The Kier molecular flexibility index (Phi) is 9.74. The van der Waals surface area contributed by atoms with E-state index in [1.54, 1.807) is 6.20 Å². The van der Waals surface area contributed by atoms with Gasteiger partial charge in [-0.15, -0.1) is 0 Å². The van der Waals surface area contributed by atoms with Gasteiger partial charge in [0.1, 0.15) is 0 Å². The number of hydrogen-bond acceptors (Lipinski definition) is 1. The molecule has 0 aromatic rings. The van der Waals surface area contributed by atoms with Gasteiger partial charge in [-0.1, -0.05) is 53.2 Å². The zero-order chi connectivity index (χ0) is 13.1. The normalized spacial score (nSPS) is 13.9. The van der Waals surface area contributed by atoms with Crippen LogP contribution in [-0.2, 0) is 0 Å². The van der Waals surface area contributed by atoms with Crippen molar-refractivity contribution >= 4 is 22.1 Å². The standard InChI is InChI=1S/C15H22BrN/c1-5-7-8-15(6-2)10-9-13(3)11-17-12-14(4)16/h5,7-8,11-12H,3,6,9-10H2,1-2,4H3/b7-5-,14-12+,15-8+,17-11-. The van der Waals surface area contributed by atoms with E-state index >= 15 is 0 Å². The molecule has 0 aromatic carbocycles. The first-order valence-corrected chi connectivity index (χ1v) is 6.73. The molecule has 0 rings (SSSR count). The molecule has 0 aromatic heterocycles. The van der Waals surface area contributed by atoms with Crippen LogP contribution in [0.4, 0.5) is 0 Å². The number of rotatable bonds is 7. The highest BCUT2D eigenvalue weighted by Crippen LogP contribution is 2.13. The molecule has 0 fully saturated rings. The summed E-state index contributed by atoms with van der Waals surface area (Å²) in [5.74, 6) is 0. The summed E-state index contributed by atoms with van der Waals surface area (Å²) in [7, 11) is 0. The van der Waals surface area contributed by atoms with Crippen LogP contribution in [0.25, 0.3) is 0 Å².